The number of rotatable bonds is 7. The van der Waals surface area contributed by atoms with Gasteiger partial charge >= 0.3 is 0 Å². The first-order valence-corrected chi connectivity index (χ1v) is 5.82. The maximum absolute atomic E-state index is 5.45. The maximum atomic E-state index is 5.45. The third-order valence-electron chi connectivity index (χ3n) is 2.44. The Balaban J connectivity index is 3.68. The van der Waals surface area contributed by atoms with Crippen LogP contribution in [0.2, 0.25) is 0 Å². The van der Waals surface area contributed by atoms with Crippen LogP contribution in [0.4, 0.5) is 0 Å². The molecule has 0 saturated carbocycles. The quantitative estimate of drug-likeness (QED) is 0.615. The lowest BCUT2D eigenvalue weighted by atomic mass is 10.0. The van der Waals surface area contributed by atoms with Crippen molar-refractivity contribution in [2.24, 2.45) is 5.92 Å². The van der Waals surface area contributed by atoms with E-state index in [0.29, 0.717) is 6.04 Å². The standard InChI is InChI=1S/C13H25N/c1-6-8-13(7-2)14-12(5)10-9-11(3)4/h2,11-14H,6,8-10H2,1,3-5H3. The molecule has 0 rings (SSSR count). The second kappa shape index (κ2) is 7.88. The highest BCUT2D eigenvalue weighted by Gasteiger charge is 2.08. The van der Waals surface area contributed by atoms with Gasteiger partial charge in [-0.25, -0.2) is 0 Å². The van der Waals surface area contributed by atoms with Crippen LogP contribution in [0.3, 0.4) is 0 Å². The summed E-state index contributed by atoms with van der Waals surface area (Å²) in [4.78, 5) is 0. The van der Waals surface area contributed by atoms with E-state index in [1.165, 1.54) is 12.8 Å². The van der Waals surface area contributed by atoms with Crippen LogP contribution in [0.1, 0.15) is 53.4 Å². The summed E-state index contributed by atoms with van der Waals surface area (Å²) in [5.74, 6) is 3.60. The van der Waals surface area contributed by atoms with Crippen LogP contribution < -0.4 is 5.32 Å². The van der Waals surface area contributed by atoms with E-state index in [1.54, 1.807) is 0 Å². The van der Waals surface area contributed by atoms with E-state index < -0.39 is 0 Å². The number of terminal acetylenes is 1. The van der Waals surface area contributed by atoms with Gasteiger partial charge in [0, 0.05) is 6.04 Å². The normalized spacial score (nSPS) is 15.1. The zero-order chi connectivity index (χ0) is 11.0. The summed E-state index contributed by atoms with van der Waals surface area (Å²) in [5.41, 5.74) is 0. The Morgan fingerprint density at radius 3 is 2.21 bits per heavy atom. The van der Waals surface area contributed by atoms with Gasteiger partial charge in [-0.2, -0.15) is 0 Å². The highest BCUT2D eigenvalue weighted by atomic mass is 14.9. The molecule has 0 fully saturated rings. The predicted molar refractivity (Wildman–Crippen MR) is 64.2 cm³/mol. The van der Waals surface area contributed by atoms with Crippen molar-refractivity contribution < 1.29 is 0 Å². The molecule has 0 aromatic heterocycles. The summed E-state index contributed by atoms with van der Waals surface area (Å²) in [5, 5.41) is 3.49. The first-order valence-electron chi connectivity index (χ1n) is 5.82. The fourth-order valence-electron chi connectivity index (χ4n) is 1.51. The van der Waals surface area contributed by atoms with Crippen molar-refractivity contribution in [2.75, 3.05) is 0 Å². The van der Waals surface area contributed by atoms with Crippen molar-refractivity contribution >= 4 is 0 Å². The lowest BCUT2D eigenvalue weighted by molar-refractivity contribution is 0.421. The zero-order valence-corrected chi connectivity index (χ0v) is 10.1. The van der Waals surface area contributed by atoms with Crippen LogP contribution in [-0.2, 0) is 0 Å². The molecule has 0 aromatic rings. The van der Waals surface area contributed by atoms with Gasteiger partial charge < -0.3 is 5.32 Å². The van der Waals surface area contributed by atoms with Gasteiger partial charge in [0.05, 0.1) is 6.04 Å². The molecule has 2 atom stereocenters. The second-order valence-electron chi connectivity index (χ2n) is 4.55. The largest absolute Gasteiger partial charge is 0.301 e. The topological polar surface area (TPSA) is 12.0 Å². The van der Waals surface area contributed by atoms with Crippen molar-refractivity contribution in [3.8, 4) is 12.3 Å². The van der Waals surface area contributed by atoms with E-state index in [9.17, 15) is 0 Å². The van der Waals surface area contributed by atoms with Gasteiger partial charge in [-0.15, -0.1) is 6.42 Å². The minimum atomic E-state index is 0.266. The van der Waals surface area contributed by atoms with Crippen molar-refractivity contribution in [2.45, 2.75) is 65.5 Å². The molecule has 1 N–H and O–H groups in total. The van der Waals surface area contributed by atoms with E-state index >= 15 is 0 Å². The van der Waals surface area contributed by atoms with Crippen LogP contribution in [0.25, 0.3) is 0 Å². The van der Waals surface area contributed by atoms with E-state index in [4.69, 9.17) is 6.42 Å². The summed E-state index contributed by atoms with van der Waals surface area (Å²) in [6.45, 7) is 8.92. The molecular formula is C13H25N. The Kier molecular flexibility index (Phi) is 7.61. The lowest BCUT2D eigenvalue weighted by Crippen LogP contribution is -2.35. The highest BCUT2D eigenvalue weighted by molar-refractivity contribution is 4.99. The lowest BCUT2D eigenvalue weighted by Gasteiger charge is -2.19. The molecule has 0 aliphatic rings. The monoisotopic (exact) mass is 195 g/mol. The second-order valence-corrected chi connectivity index (χ2v) is 4.55. The third kappa shape index (κ3) is 6.97. The number of hydrogen-bond donors (Lipinski definition) is 1. The molecular weight excluding hydrogens is 170 g/mol. The predicted octanol–water partition coefficient (Wildman–Crippen LogP) is 3.20. The molecule has 0 heterocycles. The first-order chi connectivity index (χ1) is 6.60. The highest BCUT2D eigenvalue weighted by Crippen LogP contribution is 2.07. The molecule has 1 nitrogen and oxygen atoms in total. The minimum absolute atomic E-state index is 0.266. The van der Waals surface area contributed by atoms with Crippen LogP contribution in [-0.4, -0.2) is 12.1 Å². The first kappa shape index (κ1) is 13.5. The Bertz CT molecular complexity index is 167. The number of nitrogens with one attached hydrogen (secondary N) is 1. The fourth-order valence-corrected chi connectivity index (χ4v) is 1.51. The van der Waals surface area contributed by atoms with E-state index in [2.05, 4.69) is 38.9 Å². The molecule has 0 bridgehead atoms. The van der Waals surface area contributed by atoms with Crippen LogP contribution >= 0.6 is 0 Å². The van der Waals surface area contributed by atoms with Gasteiger partial charge in [0.25, 0.3) is 0 Å². The van der Waals surface area contributed by atoms with Crippen LogP contribution in [0, 0.1) is 18.3 Å². The molecule has 0 radical (unpaired) electrons. The third-order valence-corrected chi connectivity index (χ3v) is 2.44. The molecule has 0 amide bonds. The van der Waals surface area contributed by atoms with Crippen molar-refractivity contribution in [1.29, 1.82) is 0 Å². The van der Waals surface area contributed by atoms with Crippen LogP contribution in [0.5, 0.6) is 0 Å². The van der Waals surface area contributed by atoms with E-state index in [-0.39, 0.29) is 6.04 Å². The van der Waals surface area contributed by atoms with Crippen molar-refractivity contribution in [3.63, 3.8) is 0 Å². The average molecular weight is 195 g/mol. The molecule has 0 aliphatic heterocycles. The summed E-state index contributed by atoms with van der Waals surface area (Å²) in [6, 6.07) is 0.812. The van der Waals surface area contributed by atoms with Crippen molar-refractivity contribution in [1.82, 2.24) is 5.32 Å². The van der Waals surface area contributed by atoms with Gasteiger partial charge in [-0.1, -0.05) is 33.1 Å². The number of hydrogen-bond acceptors (Lipinski definition) is 1. The van der Waals surface area contributed by atoms with Gasteiger partial charge in [0.1, 0.15) is 0 Å². The van der Waals surface area contributed by atoms with Gasteiger partial charge in [-0.3, -0.25) is 0 Å². The molecule has 2 unspecified atom stereocenters. The molecule has 0 aromatic carbocycles. The molecule has 14 heavy (non-hydrogen) atoms. The van der Waals surface area contributed by atoms with E-state index in [1.807, 2.05) is 0 Å². The fraction of sp³-hybridized carbons (Fsp3) is 0.846. The Morgan fingerprint density at radius 1 is 1.14 bits per heavy atom. The average Bonchev–Trinajstić information content (AvgIpc) is 2.14. The van der Waals surface area contributed by atoms with Gasteiger partial charge in [0.2, 0.25) is 0 Å². The SMILES string of the molecule is C#CC(CCC)NC(C)CCC(C)C. The smallest absolute Gasteiger partial charge is 0.0688 e. The van der Waals surface area contributed by atoms with Gasteiger partial charge in [0.15, 0.2) is 0 Å². The van der Waals surface area contributed by atoms with Crippen LogP contribution in [0.15, 0.2) is 0 Å². The summed E-state index contributed by atoms with van der Waals surface area (Å²) in [7, 11) is 0. The molecule has 82 valence electrons. The zero-order valence-electron chi connectivity index (χ0n) is 10.1. The summed E-state index contributed by atoms with van der Waals surface area (Å²) >= 11 is 0. The summed E-state index contributed by atoms with van der Waals surface area (Å²) < 4.78 is 0. The molecule has 1 heteroatoms. The maximum Gasteiger partial charge on any atom is 0.0688 e. The van der Waals surface area contributed by atoms with E-state index in [0.717, 1.165) is 18.8 Å². The Labute approximate surface area is 89.7 Å². The van der Waals surface area contributed by atoms with Gasteiger partial charge in [-0.05, 0) is 32.1 Å². The summed E-state index contributed by atoms with van der Waals surface area (Å²) in [6.07, 6.45) is 10.2. The van der Waals surface area contributed by atoms with Crippen molar-refractivity contribution in [3.05, 3.63) is 0 Å². The Morgan fingerprint density at radius 2 is 1.79 bits per heavy atom. The molecule has 0 spiro atoms. The minimum Gasteiger partial charge on any atom is -0.301 e. The Hall–Kier alpha value is -0.480. The molecule has 0 saturated heterocycles. The molecule has 0 aliphatic carbocycles.